The predicted octanol–water partition coefficient (Wildman–Crippen LogP) is 2.18. The third-order valence-corrected chi connectivity index (χ3v) is 2.05. The molecule has 76 valence electrons. The summed E-state index contributed by atoms with van der Waals surface area (Å²) >= 11 is 0. The normalized spacial score (nSPS) is 9.93. The average Bonchev–Trinajstić information content (AvgIpc) is 2.31. The monoisotopic (exact) mass is 200 g/mol. The van der Waals surface area contributed by atoms with Crippen molar-refractivity contribution in [1.29, 1.82) is 0 Å². The number of pyridine rings is 1. The van der Waals surface area contributed by atoms with Crippen LogP contribution in [0, 0.1) is 0 Å². The van der Waals surface area contributed by atoms with Gasteiger partial charge < -0.3 is 5.32 Å². The molecule has 0 bridgehead atoms. The summed E-state index contributed by atoms with van der Waals surface area (Å²) in [5.74, 6) is 0.610. The summed E-state index contributed by atoms with van der Waals surface area (Å²) < 4.78 is 0. The van der Waals surface area contributed by atoms with E-state index in [0.29, 0.717) is 5.95 Å². The molecule has 0 unspecified atom stereocenters. The van der Waals surface area contributed by atoms with Crippen LogP contribution in [0.4, 0.5) is 11.6 Å². The molecular weight excluding hydrogens is 188 g/mol. The largest absolute Gasteiger partial charge is 0.324 e. The number of aryl methyl sites for hydroxylation is 1. The number of nitrogens with one attached hydrogen (secondary N) is 1. The van der Waals surface area contributed by atoms with Crippen LogP contribution in [0.3, 0.4) is 0 Å². The van der Waals surface area contributed by atoms with Crippen LogP contribution in [0.2, 0.25) is 0 Å². The molecule has 0 aromatic carbocycles. The first kappa shape index (κ1) is 9.58. The van der Waals surface area contributed by atoms with E-state index in [1.807, 2.05) is 24.5 Å². The second-order valence-electron chi connectivity index (χ2n) is 3.13. The van der Waals surface area contributed by atoms with Gasteiger partial charge in [-0.15, -0.1) is 0 Å². The summed E-state index contributed by atoms with van der Waals surface area (Å²) in [4.78, 5) is 12.3. The van der Waals surface area contributed by atoms with Crippen LogP contribution in [0.15, 0.2) is 36.9 Å². The summed E-state index contributed by atoms with van der Waals surface area (Å²) in [7, 11) is 0. The van der Waals surface area contributed by atoms with E-state index in [2.05, 4.69) is 27.2 Å². The maximum atomic E-state index is 4.20. The Bertz CT molecular complexity index is 410. The summed E-state index contributed by atoms with van der Waals surface area (Å²) in [6, 6.07) is 3.74. The van der Waals surface area contributed by atoms with Crippen molar-refractivity contribution in [2.45, 2.75) is 13.3 Å². The van der Waals surface area contributed by atoms with Crippen LogP contribution in [0.25, 0.3) is 0 Å². The van der Waals surface area contributed by atoms with Gasteiger partial charge in [0, 0.05) is 30.5 Å². The van der Waals surface area contributed by atoms with Crippen LogP contribution in [0.1, 0.15) is 12.5 Å². The lowest BCUT2D eigenvalue weighted by Gasteiger charge is -2.03. The van der Waals surface area contributed by atoms with Gasteiger partial charge in [0.15, 0.2) is 0 Å². The number of aromatic nitrogens is 3. The van der Waals surface area contributed by atoms with Crippen molar-refractivity contribution in [1.82, 2.24) is 15.0 Å². The lowest BCUT2D eigenvalue weighted by molar-refractivity contribution is 1.05. The van der Waals surface area contributed by atoms with Crippen LogP contribution >= 0.6 is 0 Å². The molecule has 1 N–H and O–H groups in total. The van der Waals surface area contributed by atoms with E-state index in [1.165, 1.54) is 0 Å². The third kappa shape index (κ3) is 2.49. The molecule has 2 heterocycles. The van der Waals surface area contributed by atoms with Gasteiger partial charge in [-0.25, -0.2) is 9.97 Å². The Morgan fingerprint density at radius 2 is 1.80 bits per heavy atom. The zero-order chi connectivity index (χ0) is 10.5. The smallest absolute Gasteiger partial charge is 0.227 e. The molecule has 2 rings (SSSR count). The Labute approximate surface area is 88.4 Å². The fourth-order valence-corrected chi connectivity index (χ4v) is 1.17. The molecule has 0 atom stereocenters. The highest BCUT2D eigenvalue weighted by Crippen LogP contribution is 2.10. The van der Waals surface area contributed by atoms with Crippen LogP contribution in [-0.2, 0) is 6.42 Å². The van der Waals surface area contributed by atoms with Crippen molar-refractivity contribution in [2.24, 2.45) is 0 Å². The zero-order valence-corrected chi connectivity index (χ0v) is 8.51. The average molecular weight is 200 g/mol. The molecular formula is C11H12N4. The Morgan fingerprint density at radius 1 is 1.13 bits per heavy atom. The Hall–Kier alpha value is -1.97. The van der Waals surface area contributed by atoms with E-state index in [4.69, 9.17) is 0 Å². The summed E-state index contributed by atoms with van der Waals surface area (Å²) in [5, 5.41) is 3.09. The fraction of sp³-hybridized carbons (Fsp3) is 0.182. The van der Waals surface area contributed by atoms with E-state index in [-0.39, 0.29) is 0 Å². The molecule has 2 aromatic heterocycles. The maximum Gasteiger partial charge on any atom is 0.227 e. The Balaban J connectivity index is 2.11. The molecule has 0 radical (unpaired) electrons. The summed E-state index contributed by atoms with van der Waals surface area (Å²) in [6.07, 6.45) is 8.06. The van der Waals surface area contributed by atoms with Gasteiger partial charge in [0.25, 0.3) is 0 Å². The summed E-state index contributed by atoms with van der Waals surface area (Å²) in [5.41, 5.74) is 2.07. The number of anilines is 2. The van der Waals surface area contributed by atoms with Gasteiger partial charge in [0.2, 0.25) is 5.95 Å². The number of hydrogen-bond acceptors (Lipinski definition) is 4. The number of nitrogens with zero attached hydrogens (tertiary/aromatic N) is 3. The summed E-state index contributed by atoms with van der Waals surface area (Å²) in [6.45, 7) is 2.08. The highest BCUT2D eigenvalue weighted by molar-refractivity contribution is 5.51. The minimum Gasteiger partial charge on any atom is -0.324 e. The van der Waals surface area contributed by atoms with Gasteiger partial charge in [-0.1, -0.05) is 6.92 Å². The Morgan fingerprint density at radius 3 is 2.40 bits per heavy atom. The van der Waals surface area contributed by atoms with Crippen LogP contribution in [-0.4, -0.2) is 15.0 Å². The van der Waals surface area contributed by atoms with Gasteiger partial charge in [-0.2, -0.15) is 0 Å². The second-order valence-corrected chi connectivity index (χ2v) is 3.13. The Kier molecular flexibility index (Phi) is 2.88. The van der Waals surface area contributed by atoms with E-state index in [0.717, 1.165) is 17.7 Å². The molecule has 0 aliphatic rings. The van der Waals surface area contributed by atoms with Crippen molar-refractivity contribution in [3.05, 3.63) is 42.5 Å². The van der Waals surface area contributed by atoms with Crippen molar-refractivity contribution >= 4 is 11.6 Å². The predicted molar refractivity (Wildman–Crippen MR) is 58.9 cm³/mol. The van der Waals surface area contributed by atoms with E-state index >= 15 is 0 Å². The molecule has 0 fully saturated rings. The van der Waals surface area contributed by atoms with Crippen LogP contribution < -0.4 is 5.32 Å². The molecule has 4 heteroatoms. The molecule has 0 aliphatic heterocycles. The SMILES string of the molecule is CCc1cnc(Nc2ccncc2)nc1. The number of hydrogen-bond donors (Lipinski definition) is 1. The minimum absolute atomic E-state index is 0.610. The van der Waals surface area contributed by atoms with Crippen molar-refractivity contribution in [2.75, 3.05) is 5.32 Å². The van der Waals surface area contributed by atoms with Crippen LogP contribution in [0.5, 0.6) is 0 Å². The highest BCUT2D eigenvalue weighted by Gasteiger charge is 1.96. The first-order valence-corrected chi connectivity index (χ1v) is 4.86. The quantitative estimate of drug-likeness (QED) is 0.825. The standard InChI is InChI=1S/C11H12N4/c1-2-9-7-13-11(14-8-9)15-10-3-5-12-6-4-10/h3-8H,2H2,1H3,(H,12,13,14,15). The molecule has 0 spiro atoms. The maximum absolute atomic E-state index is 4.20. The lowest BCUT2D eigenvalue weighted by atomic mass is 10.3. The van der Waals surface area contributed by atoms with Gasteiger partial charge in [-0.3, -0.25) is 4.98 Å². The topological polar surface area (TPSA) is 50.7 Å². The van der Waals surface area contributed by atoms with Crippen molar-refractivity contribution < 1.29 is 0 Å². The third-order valence-electron chi connectivity index (χ3n) is 2.05. The van der Waals surface area contributed by atoms with E-state index in [1.54, 1.807) is 12.4 Å². The van der Waals surface area contributed by atoms with Gasteiger partial charge >= 0.3 is 0 Å². The molecule has 0 saturated heterocycles. The van der Waals surface area contributed by atoms with Crippen molar-refractivity contribution in [3.8, 4) is 0 Å². The molecule has 2 aromatic rings. The number of rotatable bonds is 3. The van der Waals surface area contributed by atoms with Gasteiger partial charge in [0.1, 0.15) is 0 Å². The highest BCUT2D eigenvalue weighted by atomic mass is 15.1. The fourth-order valence-electron chi connectivity index (χ4n) is 1.17. The minimum atomic E-state index is 0.610. The molecule has 4 nitrogen and oxygen atoms in total. The van der Waals surface area contributed by atoms with Crippen molar-refractivity contribution in [3.63, 3.8) is 0 Å². The van der Waals surface area contributed by atoms with Gasteiger partial charge in [0.05, 0.1) is 0 Å². The molecule has 0 aliphatic carbocycles. The zero-order valence-electron chi connectivity index (χ0n) is 8.51. The van der Waals surface area contributed by atoms with Gasteiger partial charge in [-0.05, 0) is 24.1 Å². The molecule has 0 amide bonds. The first-order chi connectivity index (χ1) is 7.38. The first-order valence-electron chi connectivity index (χ1n) is 4.86. The molecule has 0 saturated carbocycles. The lowest BCUT2D eigenvalue weighted by Crippen LogP contribution is -1.97. The second kappa shape index (κ2) is 4.50. The van der Waals surface area contributed by atoms with E-state index < -0.39 is 0 Å². The van der Waals surface area contributed by atoms with E-state index in [9.17, 15) is 0 Å². The molecule has 15 heavy (non-hydrogen) atoms.